The second-order valence-electron chi connectivity index (χ2n) is 10.6. The van der Waals surface area contributed by atoms with Crippen LogP contribution in [-0.2, 0) is 21.7 Å². The van der Waals surface area contributed by atoms with E-state index in [0.29, 0.717) is 47.4 Å². The summed E-state index contributed by atoms with van der Waals surface area (Å²) < 4.78 is 18.5. The van der Waals surface area contributed by atoms with Crippen molar-refractivity contribution in [2.24, 2.45) is 5.92 Å². The second kappa shape index (κ2) is 9.79. The SMILES string of the molecule is O=C(OC1C[N+]2(Cc3nc(-c4ccccc4)no3)CCC1CC2)C1(O)c2ccccc2Oc2ccccc21.[Cl-]. The van der Waals surface area contributed by atoms with Crippen LogP contribution in [0.2, 0.25) is 0 Å². The lowest BCUT2D eigenvalue weighted by molar-refractivity contribution is -0.959. The summed E-state index contributed by atoms with van der Waals surface area (Å²) in [6, 6.07) is 23.9. The third kappa shape index (κ3) is 4.29. The number of carbonyl (C=O) groups excluding carboxylic acids is 1. The zero-order chi connectivity index (χ0) is 25.7. The Balaban J connectivity index is 0.00000277. The zero-order valence-electron chi connectivity index (χ0n) is 21.2. The molecule has 1 N–H and O–H groups in total. The van der Waals surface area contributed by atoms with Crippen molar-refractivity contribution in [2.75, 3.05) is 19.6 Å². The summed E-state index contributed by atoms with van der Waals surface area (Å²) >= 11 is 0. The van der Waals surface area contributed by atoms with Crippen molar-refractivity contribution in [3.8, 4) is 22.9 Å². The molecule has 8 nitrogen and oxygen atoms in total. The largest absolute Gasteiger partial charge is 1.00 e. The van der Waals surface area contributed by atoms with Crippen LogP contribution in [0.1, 0.15) is 29.9 Å². The number of aliphatic hydroxyl groups is 1. The van der Waals surface area contributed by atoms with Gasteiger partial charge in [0.1, 0.15) is 18.0 Å². The van der Waals surface area contributed by atoms with E-state index in [4.69, 9.17) is 14.0 Å². The van der Waals surface area contributed by atoms with E-state index < -0.39 is 11.6 Å². The first-order chi connectivity index (χ1) is 18.5. The van der Waals surface area contributed by atoms with Gasteiger partial charge in [0, 0.05) is 35.4 Å². The number of hydrogen-bond acceptors (Lipinski definition) is 7. The third-order valence-electron chi connectivity index (χ3n) is 8.34. The van der Waals surface area contributed by atoms with Crippen LogP contribution in [0.15, 0.2) is 83.4 Å². The van der Waals surface area contributed by atoms with Crippen molar-refractivity contribution in [2.45, 2.75) is 31.1 Å². The molecule has 0 saturated carbocycles. The summed E-state index contributed by atoms with van der Waals surface area (Å²) in [5, 5.41) is 16.1. The molecular formula is C30H28ClN3O5. The van der Waals surface area contributed by atoms with Gasteiger partial charge in [0.15, 0.2) is 12.6 Å². The Morgan fingerprint density at radius 3 is 2.23 bits per heavy atom. The topological polar surface area (TPSA) is 94.7 Å². The lowest BCUT2D eigenvalue weighted by atomic mass is 9.81. The number of halogens is 1. The number of ether oxygens (including phenoxy) is 2. The van der Waals surface area contributed by atoms with E-state index in [2.05, 4.69) is 10.1 Å². The van der Waals surface area contributed by atoms with E-state index in [9.17, 15) is 9.90 Å². The minimum absolute atomic E-state index is 0. The molecule has 2 bridgehead atoms. The molecule has 4 aliphatic heterocycles. The Morgan fingerprint density at radius 2 is 1.56 bits per heavy atom. The fraction of sp³-hybridized carbons (Fsp3) is 0.300. The van der Waals surface area contributed by atoms with Crippen LogP contribution in [0.25, 0.3) is 11.4 Å². The summed E-state index contributed by atoms with van der Waals surface area (Å²) in [5.41, 5.74) is -0.238. The molecule has 200 valence electrons. The van der Waals surface area contributed by atoms with Crippen molar-refractivity contribution in [3.63, 3.8) is 0 Å². The quantitative estimate of drug-likeness (QED) is 0.299. The van der Waals surface area contributed by atoms with Gasteiger partial charge in [-0.1, -0.05) is 71.9 Å². The fourth-order valence-electron chi connectivity index (χ4n) is 6.30. The molecule has 4 aromatic rings. The van der Waals surface area contributed by atoms with E-state index >= 15 is 0 Å². The maximum Gasteiger partial charge on any atom is 0.348 e. The van der Waals surface area contributed by atoms with E-state index in [1.54, 1.807) is 36.4 Å². The molecule has 4 aliphatic rings. The Morgan fingerprint density at radius 1 is 0.949 bits per heavy atom. The van der Waals surface area contributed by atoms with E-state index in [1.807, 2.05) is 42.5 Å². The number of benzene rings is 3. The highest BCUT2D eigenvalue weighted by Crippen LogP contribution is 2.48. The Labute approximate surface area is 232 Å². The highest BCUT2D eigenvalue weighted by Gasteiger charge is 2.53. The number of fused-ring (bicyclic) bond motifs is 5. The Kier molecular flexibility index (Phi) is 6.41. The first kappa shape index (κ1) is 25.6. The van der Waals surface area contributed by atoms with Crippen LogP contribution in [0, 0.1) is 5.92 Å². The zero-order valence-corrected chi connectivity index (χ0v) is 22.0. The smallest absolute Gasteiger partial charge is 0.348 e. The first-order valence-electron chi connectivity index (χ1n) is 13.1. The summed E-state index contributed by atoms with van der Waals surface area (Å²) in [4.78, 5) is 18.5. The van der Waals surface area contributed by atoms with Gasteiger partial charge in [-0.05, 0) is 12.1 Å². The Hall–Kier alpha value is -3.72. The van der Waals surface area contributed by atoms with E-state index in [-0.39, 0.29) is 24.4 Å². The van der Waals surface area contributed by atoms with Gasteiger partial charge >= 0.3 is 5.97 Å². The molecule has 8 rings (SSSR count). The van der Waals surface area contributed by atoms with Crippen molar-refractivity contribution in [3.05, 3.63) is 95.9 Å². The molecule has 5 heterocycles. The molecule has 1 unspecified atom stereocenters. The van der Waals surface area contributed by atoms with Crippen molar-refractivity contribution in [1.82, 2.24) is 10.1 Å². The molecule has 0 spiro atoms. The van der Waals surface area contributed by atoms with E-state index in [0.717, 1.165) is 36.0 Å². The third-order valence-corrected chi connectivity index (χ3v) is 8.34. The molecule has 9 heteroatoms. The average molecular weight is 546 g/mol. The number of nitrogens with zero attached hydrogens (tertiary/aromatic N) is 3. The van der Waals surface area contributed by atoms with Gasteiger partial charge in [0.25, 0.3) is 5.89 Å². The van der Waals surface area contributed by atoms with Crippen LogP contribution >= 0.6 is 0 Å². The van der Waals surface area contributed by atoms with Crippen LogP contribution in [0.3, 0.4) is 0 Å². The van der Waals surface area contributed by atoms with Crippen LogP contribution in [0.4, 0.5) is 0 Å². The summed E-state index contributed by atoms with van der Waals surface area (Å²) in [5.74, 6) is 1.66. The highest BCUT2D eigenvalue weighted by molar-refractivity contribution is 5.88. The van der Waals surface area contributed by atoms with Crippen molar-refractivity contribution in [1.29, 1.82) is 0 Å². The standard InChI is InChI=1S/C30H28N3O5.ClH/c34-29(30(35)22-10-4-6-12-24(22)36-25-13-7-5-11-23(25)30)37-26-18-33(16-14-20(26)15-17-33)19-27-31-28(32-38-27)21-8-2-1-3-9-21;/h1-13,20,26,35H,14-19H2;1H/q+1;/p-1. The summed E-state index contributed by atoms with van der Waals surface area (Å²) in [6.07, 6.45) is 1.56. The minimum Gasteiger partial charge on any atom is -1.00 e. The number of esters is 1. The average Bonchev–Trinajstić information content (AvgIpc) is 3.42. The maximum atomic E-state index is 13.8. The highest BCUT2D eigenvalue weighted by atomic mass is 35.5. The van der Waals surface area contributed by atoms with E-state index in [1.165, 1.54) is 0 Å². The van der Waals surface area contributed by atoms with Gasteiger partial charge < -0.3 is 36.0 Å². The molecule has 3 fully saturated rings. The molecule has 39 heavy (non-hydrogen) atoms. The molecule has 3 aromatic carbocycles. The number of quaternary nitrogens is 1. The second-order valence-corrected chi connectivity index (χ2v) is 10.6. The van der Waals surface area contributed by atoms with Crippen LogP contribution in [0.5, 0.6) is 11.5 Å². The lowest BCUT2D eigenvalue weighted by Crippen LogP contribution is -3.00. The molecule has 3 saturated heterocycles. The predicted molar refractivity (Wildman–Crippen MR) is 137 cm³/mol. The number of carbonyl (C=O) groups is 1. The molecular weight excluding hydrogens is 518 g/mol. The monoisotopic (exact) mass is 545 g/mol. The number of aromatic nitrogens is 2. The molecule has 0 amide bonds. The summed E-state index contributed by atoms with van der Waals surface area (Å²) in [7, 11) is 0. The van der Waals surface area contributed by atoms with Gasteiger partial charge in [-0.15, -0.1) is 0 Å². The Bertz CT molecular complexity index is 1450. The number of piperidine rings is 3. The molecule has 1 aromatic heterocycles. The van der Waals surface area contributed by atoms with Gasteiger partial charge in [0.05, 0.1) is 13.1 Å². The summed E-state index contributed by atoms with van der Waals surface area (Å²) in [6.45, 7) is 3.16. The van der Waals surface area contributed by atoms with Gasteiger partial charge in [-0.2, -0.15) is 4.98 Å². The predicted octanol–water partition coefficient (Wildman–Crippen LogP) is 1.43. The van der Waals surface area contributed by atoms with Crippen LogP contribution < -0.4 is 17.1 Å². The maximum absolute atomic E-state index is 13.8. The van der Waals surface area contributed by atoms with Crippen LogP contribution in [-0.4, -0.2) is 51.4 Å². The fourth-order valence-corrected chi connectivity index (χ4v) is 6.30. The number of hydrogen-bond donors (Lipinski definition) is 1. The lowest BCUT2D eigenvalue weighted by Gasteiger charge is -2.51. The van der Waals surface area contributed by atoms with Gasteiger partial charge in [-0.25, -0.2) is 4.79 Å². The number of rotatable bonds is 5. The molecule has 0 radical (unpaired) electrons. The first-order valence-corrected chi connectivity index (χ1v) is 13.1. The van der Waals surface area contributed by atoms with Crippen molar-refractivity contribution < 1.29 is 40.8 Å². The number of para-hydroxylation sites is 2. The molecule has 0 aliphatic carbocycles. The normalized spacial score (nSPS) is 24.0. The van der Waals surface area contributed by atoms with Gasteiger partial charge in [-0.3, -0.25) is 0 Å². The van der Waals surface area contributed by atoms with Gasteiger partial charge in [0.2, 0.25) is 11.4 Å². The molecule has 1 atom stereocenters. The minimum atomic E-state index is -1.95. The van der Waals surface area contributed by atoms with Crippen molar-refractivity contribution >= 4 is 5.97 Å².